The molecule has 0 aromatic heterocycles. The Balaban J connectivity index is 1.60. The van der Waals surface area contributed by atoms with Gasteiger partial charge in [-0.1, -0.05) is 24.3 Å². The minimum atomic E-state index is -0.564. The summed E-state index contributed by atoms with van der Waals surface area (Å²) in [5.41, 5.74) is 3.20. The summed E-state index contributed by atoms with van der Waals surface area (Å²) in [6.07, 6.45) is 1.15. The van der Waals surface area contributed by atoms with Crippen LogP contribution >= 0.6 is 11.8 Å². The number of anilines is 1. The van der Waals surface area contributed by atoms with Gasteiger partial charge in [0.25, 0.3) is 5.69 Å². The molecular weight excluding hydrogens is 356 g/mol. The molecule has 26 heavy (non-hydrogen) atoms. The van der Waals surface area contributed by atoms with E-state index < -0.39 is 16.1 Å². The molecule has 9 heteroatoms. The standard InChI is InChI=1S/C17H14N4O4S/c22-16(20-18-10-11-5-1-3-7-13(11)21(24)25)9-15-17(23)19-12-6-2-4-8-14(12)26-15/h1-8,10,15H,9H2,(H,19,23)(H,20,22)/b18-10-/t15-/m0/s1. The number of carbonyl (C=O) groups is 2. The monoisotopic (exact) mass is 370 g/mol. The molecule has 0 bridgehead atoms. The molecular formula is C17H14N4O4S. The lowest BCUT2D eigenvalue weighted by Crippen LogP contribution is -2.33. The number of rotatable bonds is 5. The van der Waals surface area contributed by atoms with Crippen LogP contribution in [0.15, 0.2) is 58.5 Å². The Morgan fingerprint density at radius 2 is 2.00 bits per heavy atom. The molecule has 0 aliphatic carbocycles. The summed E-state index contributed by atoms with van der Waals surface area (Å²) >= 11 is 1.32. The normalized spacial score (nSPS) is 16.0. The summed E-state index contributed by atoms with van der Waals surface area (Å²) in [5.74, 6) is -0.696. The van der Waals surface area contributed by atoms with Gasteiger partial charge in [-0.05, 0) is 18.2 Å². The van der Waals surface area contributed by atoms with Crippen LogP contribution in [-0.2, 0) is 9.59 Å². The largest absolute Gasteiger partial charge is 0.324 e. The van der Waals surface area contributed by atoms with Crippen molar-refractivity contribution in [3.05, 3.63) is 64.2 Å². The summed E-state index contributed by atoms with van der Waals surface area (Å²) in [6.45, 7) is 0. The van der Waals surface area contributed by atoms with Crippen LogP contribution < -0.4 is 10.7 Å². The highest BCUT2D eigenvalue weighted by Gasteiger charge is 2.28. The van der Waals surface area contributed by atoms with Crippen molar-refractivity contribution in [2.24, 2.45) is 5.10 Å². The molecule has 2 aromatic rings. The Labute approximate surface area is 152 Å². The molecule has 2 aromatic carbocycles. The maximum Gasteiger partial charge on any atom is 0.278 e. The molecule has 1 aliphatic heterocycles. The highest BCUT2D eigenvalue weighted by atomic mass is 32.2. The molecule has 0 saturated heterocycles. The van der Waals surface area contributed by atoms with Crippen LogP contribution in [0.2, 0.25) is 0 Å². The summed E-state index contributed by atoms with van der Waals surface area (Å²) in [7, 11) is 0. The van der Waals surface area contributed by atoms with Crippen LogP contribution in [0.4, 0.5) is 11.4 Å². The first-order valence-corrected chi connectivity index (χ1v) is 8.54. The lowest BCUT2D eigenvalue weighted by Gasteiger charge is -2.23. The van der Waals surface area contributed by atoms with E-state index >= 15 is 0 Å². The Hall–Kier alpha value is -3.20. The second-order valence-electron chi connectivity index (χ2n) is 5.41. The zero-order valence-electron chi connectivity index (χ0n) is 13.4. The Bertz CT molecular complexity index is 900. The molecule has 0 spiro atoms. The average molecular weight is 370 g/mol. The third kappa shape index (κ3) is 4.06. The van der Waals surface area contributed by atoms with Gasteiger partial charge in [0.2, 0.25) is 11.8 Å². The van der Waals surface area contributed by atoms with Gasteiger partial charge in [0.15, 0.2) is 0 Å². The van der Waals surface area contributed by atoms with Gasteiger partial charge in [-0.15, -0.1) is 11.8 Å². The summed E-state index contributed by atoms with van der Waals surface area (Å²) in [5, 5.41) is 16.9. The number of thioether (sulfide) groups is 1. The molecule has 2 N–H and O–H groups in total. The molecule has 0 unspecified atom stereocenters. The van der Waals surface area contributed by atoms with Gasteiger partial charge in [-0.3, -0.25) is 19.7 Å². The zero-order valence-corrected chi connectivity index (χ0v) is 14.2. The van der Waals surface area contributed by atoms with Crippen LogP contribution in [0.3, 0.4) is 0 Å². The van der Waals surface area contributed by atoms with Gasteiger partial charge >= 0.3 is 0 Å². The van der Waals surface area contributed by atoms with Gasteiger partial charge in [0, 0.05) is 17.4 Å². The Kier molecular flexibility index (Phi) is 5.28. The minimum absolute atomic E-state index is 0.0565. The molecule has 0 radical (unpaired) electrons. The molecule has 0 fully saturated rings. The third-order valence-electron chi connectivity index (χ3n) is 3.60. The van der Waals surface area contributed by atoms with Crippen LogP contribution in [-0.4, -0.2) is 28.2 Å². The molecule has 8 nitrogen and oxygen atoms in total. The minimum Gasteiger partial charge on any atom is -0.324 e. The number of fused-ring (bicyclic) bond motifs is 1. The second-order valence-corrected chi connectivity index (χ2v) is 6.65. The molecule has 1 atom stereocenters. The van der Waals surface area contributed by atoms with E-state index in [4.69, 9.17) is 0 Å². The number of benzene rings is 2. The maximum absolute atomic E-state index is 12.1. The second kappa shape index (κ2) is 7.79. The van der Waals surface area contributed by atoms with Gasteiger partial charge in [-0.2, -0.15) is 5.10 Å². The fourth-order valence-electron chi connectivity index (χ4n) is 2.38. The zero-order chi connectivity index (χ0) is 18.5. The van der Waals surface area contributed by atoms with E-state index in [1.54, 1.807) is 18.2 Å². The van der Waals surface area contributed by atoms with Crippen LogP contribution in [0, 0.1) is 10.1 Å². The SMILES string of the molecule is O=C(C[C@@H]1Sc2ccccc2NC1=O)N/N=C\c1ccccc1[N+](=O)[O-]. The van der Waals surface area contributed by atoms with Crippen molar-refractivity contribution in [2.45, 2.75) is 16.6 Å². The number of hydrazone groups is 1. The Morgan fingerprint density at radius 1 is 1.27 bits per heavy atom. The van der Waals surface area contributed by atoms with E-state index in [1.165, 1.54) is 30.1 Å². The topological polar surface area (TPSA) is 114 Å². The van der Waals surface area contributed by atoms with E-state index in [0.29, 0.717) is 0 Å². The Morgan fingerprint density at radius 3 is 2.81 bits per heavy atom. The van der Waals surface area contributed by atoms with Crippen molar-refractivity contribution in [1.29, 1.82) is 0 Å². The number of nitrogens with one attached hydrogen (secondary N) is 2. The average Bonchev–Trinajstić information content (AvgIpc) is 2.62. The van der Waals surface area contributed by atoms with Crippen LogP contribution in [0.5, 0.6) is 0 Å². The first kappa shape index (κ1) is 17.6. The highest BCUT2D eigenvalue weighted by Crippen LogP contribution is 2.36. The number of para-hydroxylation sites is 2. The van der Waals surface area contributed by atoms with Crippen molar-refractivity contribution in [2.75, 3.05) is 5.32 Å². The molecule has 3 rings (SSSR count). The first-order chi connectivity index (χ1) is 12.5. The van der Waals surface area contributed by atoms with E-state index in [1.807, 2.05) is 18.2 Å². The number of hydrogen-bond donors (Lipinski definition) is 2. The predicted octanol–water partition coefficient (Wildman–Crippen LogP) is 2.55. The van der Waals surface area contributed by atoms with Crippen molar-refractivity contribution in [1.82, 2.24) is 5.43 Å². The van der Waals surface area contributed by atoms with E-state index in [0.717, 1.165) is 10.6 Å². The number of amides is 2. The third-order valence-corrected chi connectivity index (χ3v) is 4.88. The highest BCUT2D eigenvalue weighted by molar-refractivity contribution is 8.01. The fraction of sp³-hybridized carbons (Fsp3) is 0.118. The molecule has 132 valence electrons. The maximum atomic E-state index is 12.1. The van der Waals surface area contributed by atoms with Gasteiger partial charge < -0.3 is 5.32 Å². The van der Waals surface area contributed by atoms with Crippen molar-refractivity contribution >= 4 is 41.2 Å². The molecule has 2 amide bonds. The van der Waals surface area contributed by atoms with Crippen molar-refractivity contribution in [3.8, 4) is 0 Å². The van der Waals surface area contributed by atoms with Crippen molar-refractivity contribution < 1.29 is 14.5 Å². The fourth-order valence-corrected chi connectivity index (χ4v) is 3.49. The van der Waals surface area contributed by atoms with Crippen LogP contribution in [0.25, 0.3) is 0 Å². The lowest BCUT2D eigenvalue weighted by atomic mass is 10.2. The van der Waals surface area contributed by atoms with Gasteiger partial charge in [0.05, 0.1) is 27.6 Å². The summed E-state index contributed by atoms with van der Waals surface area (Å²) < 4.78 is 0. The lowest BCUT2D eigenvalue weighted by molar-refractivity contribution is -0.385. The van der Waals surface area contributed by atoms with Gasteiger partial charge in [0.1, 0.15) is 0 Å². The number of hydrogen-bond acceptors (Lipinski definition) is 6. The number of carbonyl (C=O) groups excluding carboxylic acids is 2. The number of nitrogens with zero attached hydrogens (tertiary/aromatic N) is 2. The smallest absolute Gasteiger partial charge is 0.278 e. The summed E-state index contributed by atoms with van der Waals surface area (Å²) in [6, 6.07) is 13.4. The van der Waals surface area contributed by atoms with E-state index in [2.05, 4.69) is 15.8 Å². The first-order valence-electron chi connectivity index (χ1n) is 7.66. The number of nitro benzene ring substituents is 1. The molecule has 1 heterocycles. The van der Waals surface area contributed by atoms with E-state index in [9.17, 15) is 19.7 Å². The van der Waals surface area contributed by atoms with Crippen molar-refractivity contribution in [3.63, 3.8) is 0 Å². The quantitative estimate of drug-likeness (QED) is 0.477. The molecule has 1 aliphatic rings. The number of nitro groups is 1. The van der Waals surface area contributed by atoms with Gasteiger partial charge in [-0.25, -0.2) is 5.43 Å². The molecule has 0 saturated carbocycles. The van der Waals surface area contributed by atoms with E-state index in [-0.39, 0.29) is 23.6 Å². The van der Waals surface area contributed by atoms with Crippen LogP contribution in [0.1, 0.15) is 12.0 Å². The summed E-state index contributed by atoms with van der Waals surface area (Å²) in [4.78, 5) is 35.4. The predicted molar refractivity (Wildman–Crippen MR) is 98.2 cm³/mol.